The predicted octanol–water partition coefficient (Wildman–Crippen LogP) is 0.705. The fraction of sp³-hybridized carbons (Fsp3) is 0.500. The summed E-state index contributed by atoms with van der Waals surface area (Å²) in [6.45, 7) is 0. The van der Waals surface area contributed by atoms with Crippen molar-refractivity contribution in [3.8, 4) is 0 Å². The van der Waals surface area contributed by atoms with Gasteiger partial charge >= 0.3 is 0 Å². The molecule has 3 N–H and O–H groups in total. The molecule has 0 amide bonds. The first kappa shape index (κ1) is 5.42. The van der Waals surface area contributed by atoms with Crippen molar-refractivity contribution in [1.29, 1.82) is 0 Å². The molecule has 2 heteroatoms. The molecule has 2 nitrogen and oxygen atoms in total. The van der Waals surface area contributed by atoms with Crippen LogP contribution in [-0.4, -0.2) is 11.1 Å². The fourth-order valence-electron chi connectivity index (χ4n) is 0.662. The van der Waals surface area contributed by atoms with Crippen LogP contribution in [0.15, 0.2) is 17.6 Å². The van der Waals surface area contributed by atoms with Gasteiger partial charge in [-0.1, -0.05) is 5.73 Å². The molecule has 0 spiro atoms. The highest BCUT2D eigenvalue weighted by Crippen LogP contribution is 2.07. The van der Waals surface area contributed by atoms with Crippen molar-refractivity contribution in [1.82, 2.24) is 0 Å². The summed E-state index contributed by atoms with van der Waals surface area (Å²) in [6, 6.07) is 0.103. The summed E-state index contributed by atoms with van der Waals surface area (Å²) in [5, 5.41) is 8.75. The lowest BCUT2D eigenvalue weighted by molar-refractivity contribution is 0.377. The van der Waals surface area contributed by atoms with Gasteiger partial charge in [-0.2, -0.15) is 0 Å². The average molecular weight is 111 g/mol. The van der Waals surface area contributed by atoms with Gasteiger partial charge in [0, 0.05) is 12.5 Å². The summed E-state index contributed by atoms with van der Waals surface area (Å²) in [5.41, 5.74) is 8.11. The molecule has 0 heterocycles. The van der Waals surface area contributed by atoms with E-state index in [2.05, 4.69) is 5.73 Å². The Morgan fingerprint density at radius 3 is 3.00 bits per heavy atom. The van der Waals surface area contributed by atoms with Gasteiger partial charge in [0.2, 0.25) is 0 Å². The van der Waals surface area contributed by atoms with Crippen LogP contribution in [0.5, 0.6) is 0 Å². The van der Waals surface area contributed by atoms with Gasteiger partial charge in [0.25, 0.3) is 0 Å². The molecular formula is C6H9NO. The maximum atomic E-state index is 8.75. The first-order chi connectivity index (χ1) is 3.79. The van der Waals surface area contributed by atoms with Crippen LogP contribution in [0.2, 0.25) is 0 Å². The van der Waals surface area contributed by atoms with Crippen molar-refractivity contribution < 1.29 is 5.11 Å². The highest BCUT2D eigenvalue weighted by molar-refractivity contribution is 5.02. The monoisotopic (exact) mass is 111 g/mol. The molecule has 1 aliphatic rings. The van der Waals surface area contributed by atoms with Gasteiger partial charge in [-0.05, 0) is 12.5 Å². The van der Waals surface area contributed by atoms with Gasteiger partial charge < -0.3 is 10.8 Å². The Morgan fingerprint density at radius 1 is 1.88 bits per heavy atom. The fourth-order valence-corrected chi connectivity index (χ4v) is 0.662. The maximum absolute atomic E-state index is 8.75. The molecule has 0 aromatic carbocycles. The van der Waals surface area contributed by atoms with Crippen LogP contribution in [0, 0.1) is 0 Å². The molecular weight excluding hydrogens is 102 g/mol. The summed E-state index contributed by atoms with van der Waals surface area (Å²) in [5.74, 6) is 0.326. The zero-order valence-electron chi connectivity index (χ0n) is 4.59. The molecule has 0 aromatic heterocycles. The Balaban J connectivity index is 2.69. The maximum Gasteiger partial charge on any atom is 0.134 e. The Kier molecular flexibility index (Phi) is 1.38. The van der Waals surface area contributed by atoms with E-state index in [4.69, 9.17) is 10.8 Å². The quantitative estimate of drug-likeness (QED) is 0.452. The van der Waals surface area contributed by atoms with Crippen molar-refractivity contribution in [3.63, 3.8) is 0 Å². The molecule has 44 valence electrons. The lowest BCUT2D eigenvalue weighted by atomic mass is 10.1. The van der Waals surface area contributed by atoms with Crippen LogP contribution in [0.1, 0.15) is 12.8 Å². The third kappa shape index (κ3) is 1.12. The molecule has 0 unspecified atom stereocenters. The second-order valence-electron chi connectivity index (χ2n) is 1.96. The lowest BCUT2D eigenvalue weighted by Crippen LogP contribution is -2.18. The molecule has 0 fully saturated rings. The summed E-state index contributed by atoms with van der Waals surface area (Å²) >= 11 is 0. The summed E-state index contributed by atoms with van der Waals surface area (Å²) in [6.07, 6.45) is 3.22. The number of hydrogen-bond acceptors (Lipinski definition) is 2. The number of nitrogens with two attached hydrogens (primary N) is 1. The molecule has 1 aliphatic carbocycles. The van der Waals surface area contributed by atoms with E-state index < -0.39 is 0 Å². The standard InChI is InChI=1S/C6H9NO/c7-5-1-3-6(8)4-2-5/h1,5,8H,2,4,7H2/t5-/m1/s1. The van der Waals surface area contributed by atoms with Crippen molar-refractivity contribution in [2.24, 2.45) is 5.73 Å². The van der Waals surface area contributed by atoms with Crippen LogP contribution >= 0.6 is 0 Å². The highest BCUT2D eigenvalue weighted by atomic mass is 16.3. The minimum atomic E-state index is 0.103. The number of aliphatic hydroxyl groups is 1. The van der Waals surface area contributed by atoms with Crippen LogP contribution in [-0.2, 0) is 0 Å². The molecule has 0 aliphatic heterocycles. The first-order valence-electron chi connectivity index (χ1n) is 2.69. The van der Waals surface area contributed by atoms with Crippen molar-refractivity contribution in [3.05, 3.63) is 17.6 Å². The van der Waals surface area contributed by atoms with E-state index in [0.29, 0.717) is 12.2 Å². The van der Waals surface area contributed by atoms with Crippen molar-refractivity contribution in [2.45, 2.75) is 18.9 Å². The normalized spacial score (nSPS) is 27.6. The molecule has 0 radical (unpaired) electrons. The van der Waals surface area contributed by atoms with E-state index in [9.17, 15) is 0 Å². The third-order valence-electron chi connectivity index (χ3n) is 1.18. The van der Waals surface area contributed by atoms with E-state index in [-0.39, 0.29) is 6.04 Å². The molecule has 0 saturated heterocycles. The van der Waals surface area contributed by atoms with Crippen LogP contribution in [0.25, 0.3) is 0 Å². The largest absolute Gasteiger partial charge is 0.505 e. The summed E-state index contributed by atoms with van der Waals surface area (Å²) in [7, 11) is 0. The van der Waals surface area contributed by atoms with Crippen LogP contribution < -0.4 is 5.73 Å². The minimum absolute atomic E-state index is 0.103. The molecule has 1 rings (SSSR count). The topological polar surface area (TPSA) is 46.2 Å². The Labute approximate surface area is 48.3 Å². The minimum Gasteiger partial charge on any atom is -0.505 e. The van der Waals surface area contributed by atoms with E-state index >= 15 is 0 Å². The average Bonchev–Trinajstić information content (AvgIpc) is 1.77. The van der Waals surface area contributed by atoms with E-state index in [0.717, 1.165) is 6.42 Å². The second kappa shape index (κ2) is 2.03. The van der Waals surface area contributed by atoms with Crippen molar-refractivity contribution >= 4 is 0 Å². The Bertz CT molecular complexity index is 145. The number of hydrogen-bond donors (Lipinski definition) is 2. The Hall–Kier alpha value is -0.720. The molecule has 1 atom stereocenters. The third-order valence-corrected chi connectivity index (χ3v) is 1.18. The van der Waals surface area contributed by atoms with Gasteiger partial charge in [0.05, 0.1) is 0 Å². The van der Waals surface area contributed by atoms with E-state index in [1.807, 2.05) is 0 Å². The predicted molar refractivity (Wildman–Crippen MR) is 31.4 cm³/mol. The Morgan fingerprint density at radius 2 is 2.62 bits per heavy atom. The number of aliphatic hydroxyl groups excluding tert-OH is 1. The van der Waals surface area contributed by atoms with Gasteiger partial charge in [0.1, 0.15) is 5.76 Å². The molecule has 0 aromatic rings. The van der Waals surface area contributed by atoms with Gasteiger partial charge in [0.15, 0.2) is 0 Å². The van der Waals surface area contributed by atoms with Crippen LogP contribution in [0.4, 0.5) is 0 Å². The molecule has 0 saturated carbocycles. The smallest absolute Gasteiger partial charge is 0.134 e. The zero-order valence-corrected chi connectivity index (χ0v) is 4.59. The summed E-state index contributed by atoms with van der Waals surface area (Å²) < 4.78 is 0. The van der Waals surface area contributed by atoms with Gasteiger partial charge in [-0.3, -0.25) is 0 Å². The molecule has 8 heavy (non-hydrogen) atoms. The van der Waals surface area contributed by atoms with Crippen LogP contribution in [0.3, 0.4) is 0 Å². The molecule has 0 bridgehead atoms. The first-order valence-corrected chi connectivity index (χ1v) is 2.69. The SMILES string of the molecule is N[C@@H]1C=C=C(O)CC1. The van der Waals surface area contributed by atoms with Crippen molar-refractivity contribution in [2.75, 3.05) is 0 Å². The highest BCUT2D eigenvalue weighted by Gasteiger charge is 2.03. The van der Waals surface area contributed by atoms with E-state index in [1.165, 1.54) is 0 Å². The second-order valence-corrected chi connectivity index (χ2v) is 1.96. The van der Waals surface area contributed by atoms with E-state index in [1.54, 1.807) is 6.08 Å². The van der Waals surface area contributed by atoms with Gasteiger partial charge in [-0.15, -0.1) is 0 Å². The van der Waals surface area contributed by atoms with Gasteiger partial charge in [-0.25, -0.2) is 0 Å². The zero-order chi connectivity index (χ0) is 5.98. The summed E-state index contributed by atoms with van der Waals surface area (Å²) in [4.78, 5) is 0. The number of rotatable bonds is 0. The lowest BCUT2D eigenvalue weighted by Gasteiger charge is -2.06.